The fourth-order valence-electron chi connectivity index (χ4n) is 2.57. The Morgan fingerprint density at radius 1 is 1.38 bits per heavy atom. The first-order valence-corrected chi connectivity index (χ1v) is 9.40. The number of nitrogens with zero attached hydrogens (tertiary/aromatic N) is 1. The maximum Gasteiger partial charge on any atom is 0.220 e. The molecule has 2 rings (SSSR count). The summed E-state index contributed by atoms with van der Waals surface area (Å²) in [6.07, 6.45) is 0.644. The van der Waals surface area contributed by atoms with Crippen LogP contribution in [0.3, 0.4) is 0 Å². The van der Waals surface area contributed by atoms with E-state index in [4.69, 9.17) is 4.74 Å². The number of nitrogens with one attached hydrogen (secondary N) is 1. The highest BCUT2D eigenvalue weighted by atomic mass is 32.2. The van der Waals surface area contributed by atoms with Crippen molar-refractivity contribution in [2.75, 3.05) is 33.1 Å². The second kappa shape index (κ2) is 8.04. The molecule has 2 atom stereocenters. The van der Waals surface area contributed by atoms with E-state index in [9.17, 15) is 17.6 Å². The molecule has 24 heavy (non-hydrogen) atoms. The topological polar surface area (TPSA) is 75.7 Å². The van der Waals surface area contributed by atoms with Gasteiger partial charge in [0.05, 0.1) is 25.0 Å². The van der Waals surface area contributed by atoms with Crippen molar-refractivity contribution in [3.05, 3.63) is 35.6 Å². The van der Waals surface area contributed by atoms with Crippen LogP contribution < -0.4 is 5.32 Å². The first kappa shape index (κ1) is 18.8. The summed E-state index contributed by atoms with van der Waals surface area (Å²) in [6.45, 7) is 0.612. The van der Waals surface area contributed by atoms with Gasteiger partial charge in [0.2, 0.25) is 15.9 Å². The molecule has 1 saturated heterocycles. The third-order valence-electron chi connectivity index (χ3n) is 4.06. The van der Waals surface area contributed by atoms with Crippen LogP contribution in [0.1, 0.15) is 12.0 Å². The Hall–Kier alpha value is -1.51. The standard InChI is InChI=1S/C16H23FN2O4S/c1-19(2)24(21,22)11-13-9-23-10-15(13)18-16(20)7-6-12-4-3-5-14(17)8-12/h3-5,8,13,15H,6-7,9-11H2,1-2H3,(H,18,20)/t13-,15-/m0/s1. The van der Waals surface area contributed by atoms with Gasteiger partial charge in [0.15, 0.2) is 0 Å². The lowest BCUT2D eigenvalue weighted by Gasteiger charge is -2.21. The molecule has 8 heteroatoms. The lowest BCUT2D eigenvalue weighted by Crippen LogP contribution is -2.43. The van der Waals surface area contributed by atoms with Gasteiger partial charge in [-0.05, 0) is 24.1 Å². The molecule has 0 spiro atoms. The third-order valence-corrected chi connectivity index (χ3v) is 6.02. The number of sulfonamides is 1. The van der Waals surface area contributed by atoms with Crippen LogP contribution in [0.2, 0.25) is 0 Å². The number of hydrogen-bond acceptors (Lipinski definition) is 4. The number of ether oxygens (including phenoxy) is 1. The van der Waals surface area contributed by atoms with Crippen molar-refractivity contribution in [3.8, 4) is 0 Å². The quantitative estimate of drug-likeness (QED) is 0.782. The van der Waals surface area contributed by atoms with Crippen LogP contribution in [0.5, 0.6) is 0 Å². The molecule has 1 fully saturated rings. The van der Waals surface area contributed by atoms with Gasteiger partial charge < -0.3 is 10.1 Å². The fraction of sp³-hybridized carbons (Fsp3) is 0.562. The van der Waals surface area contributed by atoms with Gasteiger partial charge in [-0.3, -0.25) is 4.79 Å². The molecule has 1 amide bonds. The van der Waals surface area contributed by atoms with Gasteiger partial charge in [0.25, 0.3) is 0 Å². The lowest BCUT2D eigenvalue weighted by molar-refractivity contribution is -0.122. The van der Waals surface area contributed by atoms with E-state index in [0.717, 1.165) is 5.56 Å². The van der Waals surface area contributed by atoms with Crippen molar-refractivity contribution in [2.45, 2.75) is 18.9 Å². The van der Waals surface area contributed by atoms with E-state index < -0.39 is 10.0 Å². The number of aryl methyl sites for hydroxylation is 1. The minimum atomic E-state index is -3.35. The van der Waals surface area contributed by atoms with E-state index in [1.165, 1.54) is 30.5 Å². The van der Waals surface area contributed by atoms with Crippen molar-refractivity contribution < 1.29 is 22.3 Å². The summed E-state index contributed by atoms with van der Waals surface area (Å²) in [5, 5.41) is 2.83. The zero-order valence-corrected chi connectivity index (χ0v) is 14.7. The number of benzene rings is 1. The second-order valence-electron chi connectivity index (χ2n) is 6.16. The molecule has 0 unspecified atom stereocenters. The first-order chi connectivity index (χ1) is 11.3. The van der Waals surface area contributed by atoms with Crippen LogP contribution in [0.15, 0.2) is 24.3 Å². The second-order valence-corrected chi connectivity index (χ2v) is 8.39. The SMILES string of the molecule is CN(C)S(=O)(=O)C[C@@H]1COC[C@@H]1NC(=O)CCc1cccc(F)c1. The highest BCUT2D eigenvalue weighted by molar-refractivity contribution is 7.89. The van der Waals surface area contributed by atoms with Crippen LogP contribution in [0.25, 0.3) is 0 Å². The molecule has 0 radical (unpaired) electrons. The van der Waals surface area contributed by atoms with E-state index in [-0.39, 0.29) is 35.9 Å². The molecule has 1 aromatic rings. The number of hydrogen-bond donors (Lipinski definition) is 1. The van der Waals surface area contributed by atoms with Crippen LogP contribution in [0, 0.1) is 11.7 Å². The molecule has 1 aliphatic rings. The lowest BCUT2D eigenvalue weighted by atomic mass is 10.1. The average molecular weight is 358 g/mol. The number of carbonyl (C=O) groups excluding carboxylic acids is 1. The molecule has 134 valence electrons. The monoisotopic (exact) mass is 358 g/mol. The summed E-state index contributed by atoms with van der Waals surface area (Å²) in [5.74, 6) is -0.849. The zero-order valence-electron chi connectivity index (χ0n) is 13.9. The fourth-order valence-corrected chi connectivity index (χ4v) is 3.74. The summed E-state index contributed by atoms with van der Waals surface area (Å²) >= 11 is 0. The molecule has 6 nitrogen and oxygen atoms in total. The van der Waals surface area contributed by atoms with Gasteiger partial charge in [-0.2, -0.15) is 0 Å². The Balaban J connectivity index is 1.86. The Bertz CT molecular complexity index is 678. The molecular formula is C16H23FN2O4S. The Morgan fingerprint density at radius 3 is 2.79 bits per heavy atom. The van der Waals surface area contributed by atoms with Gasteiger partial charge in [-0.15, -0.1) is 0 Å². The molecule has 0 bridgehead atoms. The molecule has 1 heterocycles. The summed E-state index contributed by atoms with van der Waals surface area (Å²) in [7, 11) is -0.382. The largest absolute Gasteiger partial charge is 0.379 e. The number of carbonyl (C=O) groups is 1. The highest BCUT2D eigenvalue weighted by Crippen LogP contribution is 2.17. The predicted molar refractivity (Wildman–Crippen MR) is 88.4 cm³/mol. The van der Waals surface area contributed by atoms with Crippen LogP contribution in [-0.2, 0) is 26.0 Å². The molecule has 0 aliphatic carbocycles. The molecule has 0 aromatic heterocycles. The van der Waals surface area contributed by atoms with Crippen molar-refractivity contribution >= 4 is 15.9 Å². The number of halogens is 1. The van der Waals surface area contributed by atoms with Crippen molar-refractivity contribution in [1.82, 2.24) is 9.62 Å². The molecule has 0 saturated carbocycles. The van der Waals surface area contributed by atoms with Crippen LogP contribution >= 0.6 is 0 Å². The van der Waals surface area contributed by atoms with E-state index in [1.807, 2.05) is 0 Å². The number of amides is 1. The van der Waals surface area contributed by atoms with Crippen molar-refractivity contribution in [2.24, 2.45) is 5.92 Å². The maximum absolute atomic E-state index is 13.1. The minimum absolute atomic E-state index is 0.0607. The summed E-state index contributed by atoms with van der Waals surface area (Å²) < 4.78 is 43.6. The van der Waals surface area contributed by atoms with Gasteiger partial charge in [0.1, 0.15) is 5.82 Å². The molecule has 1 aromatic carbocycles. The molecule has 1 aliphatic heterocycles. The number of rotatable bonds is 7. The Kier molecular flexibility index (Phi) is 6.31. The summed E-state index contributed by atoms with van der Waals surface area (Å²) in [5.41, 5.74) is 0.750. The highest BCUT2D eigenvalue weighted by Gasteiger charge is 2.33. The average Bonchev–Trinajstić information content (AvgIpc) is 2.91. The van der Waals surface area contributed by atoms with Crippen LogP contribution in [0.4, 0.5) is 4.39 Å². The van der Waals surface area contributed by atoms with Crippen LogP contribution in [-0.4, -0.2) is 57.7 Å². The van der Waals surface area contributed by atoms with Crippen molar-refractivity contribution in [3.63, 3.8) is 0 Å². The Morgan fingerprint density at radius 2 is 2.12 bits per heavy atom. The van der Waals surface area contributed by atoms with E-state index >= 15 is 0 Å². The smallest absolute Gasteiger partial charge is 0.220 e. The van der Waals surface area contributed by atoms with Gasteiger partial charge >= 0.3 is 0 Å². The zero-order chi connectivity index (χ0) is 17.7. The molecular weight excluding hydrogens is 335 g/mol. The van der Waals surface area contributed by atoms with Gasteiger partial charge in [0, 0.05) is 26.4 Å². The first-order valence-electron chi connectivity index (χ1n) is 7.79. The van der Waals surface area contributed by atoms with E-state index in [0.29, 0.717) is 19.6 Å². The van der Waals surface area contributed by atoms with Gasteiger partial charge in [-0.25, -0.2) is 17.1 Å². The van der Waals surface area contributed by atoms with E-state index in [1.54, 1.807) is 12.1 Å². The third kappa shape index (κ3) is 5.25. The minimum Gasteiger partial charge on any atom is -0.379 e. The van der Waals surface area contributed by atoms with E-state index in [2.05, 4.69) is 5.32 Å². The summed E-state index contributed by atoms with van der Waals surface area (Å²) in [6, 6.07) is 5.81. The normalized spacial score (nSPS) is 21.2. The summed E-state index contributed by atoms with van der Waals surface area (Å²) in [4.78, 5) is 12.1. The van der Waals surface area contributed by atoms with Gasteiger partial charge in [-0.1, -0.05) is 12.1 Å². The Labute approximate surface area is 142 Å². The van der Waals surface area contributed by atoms with Crippen molar-refractivity contribution in [1.29, 1.82) is 0 Å². The maximum atomic E-state index is 13.1. The predicted octanol–water partition coefficient (Wildman–Crippen LogP) is 0.781. The molecule has 1 N–H and O–H groups in total.